The zero-order valence-corrected chi connectivity index (χ0v) is 11.7. The molecule has 0 radical (unpaired) electrons. The number of aromatic nitrogens is 2. The molecule has 1 aliphatic heterocycles. The van der Waals surface area contributed by atoms with Crippen LogP contribution in [0.15, 0.2) is 47.3 Å². The van der Waals surface area contributed by atoms with Crippen LogP contribution in [0.4, 0.5) is 5.69 Å². The summed E-state index contributed by atoms with van der Waals surface area (Å²) in [6.45, 7) is 1.19. The summed E-state index contributed by atoms with van der Waals surface area (Å²) in [5, 5.41) is 11.3. The molecule has 1 aliphatic rings. The molecule has 110 valence electrons. The Morgan fingerprint density at radius 3 is 2.59 bits per heavy atom. The van der Waals surface area contributed by atoms with Gasteiger partial charge in [0.2, 0.25) is 0 Å². The fourth-order valence-corrected chi connectivity index (χ4v) is 3.15. The number of nitro benzene ring substituents is 1. The molecule has 0 N–H and O–H groups in total. The molecule has 6 nitrogen and oxygen atoms in total. The molecule has 0 amide bonds. The van der Waals surface area contributed by atoms with Crippen LogP contribution in [0.2, 0.25) is 0 Å². The molecule has 3 aromatic rings. The minimum atomic E-state index is -0.471. The SMILES string of the molecule is O=c1c2cc([N+](=O)[O-])ccc2n2n1CCc1ccccc1C2. The van der Waals surface area contributed by atoms with Crippen molar-refractivity contribution >= 4 is 16.6 Å². The first-order valence-electron chi connectivity index (χ1n) is 7.10. The predicted molar refractivity (Wildman–Crippen MR) is 82.1 cm³/mol. The van der Waals surface area contributed by atoms with Crippen LogP contribution in [0, 0.1) is 10.1 Å². The molecule has 0 saturated carbocycles. The molecule has 0 fully saturated rings. The molecule has 0 aliphatic carbocycles. The van der Waals surface area contributed by atoms with E-state index in [1.807, 2.05) is 16.8 Å². The average Bonchev–Trinajstić information content (AvgIpc) is 2.69. The first kappa shape index (κ1) is 12.8. The van der Waals surface area contributed by atoms with Gasteiger partial charge in [-0.1, -0.05) is 24.3 Å². The van der Waals surface area contributed by atoms with Crippen molar-refractivity contribution < 1.29 is 4.92 Å². The molecular formula is C16H13N3O3. The van der Waals surface area contributed by atoms with E-state index >= 15 is 0 Å². The van der Waals surface area contributed by atoms with Gasteiger partial charge in [0.1, 0.15) is 0 Å². The summed E-state index contributed by atoms with van der Waals surface area (Å²) in [6.07, 6.45) is 0.786. The van der Waals surface area contributed by atoms with Gasteiger partial charge in [-0.15, -0.1) is 0 Å². The Morgan fingerprint density at radius 2 is 1.82 bits per heavy atom. The lowest BCUT2D eigenvalue weighted by Gasteiger charge is -2.08. The third-order valence-electron chi connectivity index (χ3n) is 4.26. The standard InChI is InChI=1S/C16H13N3O3/c20-16-14-9-13(19(21)22)5-6-15(14)18-10-12-4-2-1-3-11(12)7-8-17(16)18/h1-6,9H,7-8,10H2. The van der Waals surface area contributed by atoms with Crippen LogP contribution in [-0.4, -0.2) is 14.3 Å². The Balaban J connectivity index is 1.97. The molecular weight excluding hydrogens is 282 g/mol. The summed E-state index contributed by atoms with van der Waals surface area (Å²) in [4.78, 5) is 23.0. The normalized spacial score (nSPS) is 13.5. The minimum absolute atomic E-state index is 0.0497. The van der Waals surface area contributed by atoms with Crippen molar-refractivity contribution in [1.82, 2.24) is 9.36 Å². The summed E-state index contributed by atoms with van der Waals surface area (Å²) in [7, 11) is 0. The van der Waals surface area contributed by atoms with Gasteiger partial charge in [-0.25, -0.2) is 4.68 Å². The smallest absolute Gasteiger partial charge is 0.274 e. The lowest BCUT2D eigenvalue weighted by atomic mass is 10.1. The van der Waals surface area contributed by atoms with Crippen LogP contribution in [0.3, 0.4) is 0 Å². The highest BCUT2D eigenvalue weighted by atomic mass is 16.6. The molecule has 0 bridgehead atoms. The van der Waals surface area contributed by atoms with Gasteiger partial charge in [0.15, 0.2) is 0 Å². The van der Waals surface area contributed by atoms with Crippen LogP contribution in [0.25, 0.3) is 10.9 Å². The van der Waals surface area contributed by atoms with Crippen molar-refractivity contribution in [2.24, 2.45) is 0 Å². The summed E-state index contributed by atoms with van der Waals surface area (Å²) >= 11 is 0. The van der Waals surface area contributed by atoms with E-state index in [1.54, 1.807) is 10.7 Å². The fraction of sp³-hybridized carbons (Fsp3) is 0.188. The van der Waals surface area contributed by atoms with Crippen LogP contribution in [0.5, 0.6) is 0 Å². The van der Waals surface area contributed by atoms with Crippen molar-refractivity contribution in [3.8, 4) is 0 Å². The second kappa shape index (κ2) is 4.56. The van der Waals surface area contributed by atoms with Gasteiger partial charge >= 0.3 is 0 Å². The van der Waals surface area contributed by atoms with E-state index in [-0.39, 0.29) is 11.2 Å². The molecule has 0 spiro atoms. The van der Waals surface area contributed by atoms with E-state index in [9.17, 15) is 14.9 Å². The maximum atomic E-state index is 12.6. The third-order valence-corrected chi connectivity index (χ3v) is 4.26. The van der Waals surface area contributed by atoms with Gasteiger partial charge < -0.3 is 0 Å². The summed E-state index contributed by atoms with van der Waals surface area (Å²) in [5.74, 6) is 0. The Kier molecular flexibility index (Phi) is 2.66. The molecule has 0 saturated heterocycles. The summed E-state index contributed by atoms with van der Waals surface area (Å²) in [6, 6.07) is 12.6. The highest BCUT2D eigenvalue weighted by Gasteiger charge is 2.20. The molecule has 0 unspecified atom stereocenters. The van der Waals surface area contributed by atoms with Gasteiger partial charge in [-0.3, -0.25) is 19.6 Å². The topological polar surface area (TPSA) is 70.1 Å². The number of fused-ring (bicyclic) bond motifs is 4. The van der Waals surface area contributed by atoms with Crippen molar-refractivity contribution in [3.63, 3.8) is 0 Å². The monoisotopic (exact) mass is 295 g/mol. The molecule has 6 heteroatoms. The van der Waals surface area contributed by atoms with E-state index in [4.69, 9.17) is 0 Å². The van der Waals surface area contributed by atoms with E-state index in [0.717, 1.165) is 11.9 Å². The molecule has 2 aromatic carbocycles. The highest BCUT2D eigenvalue weighted by Crippen LogP contribution is 2.23. The fourth-order valence-electron chi connectivity index (χ4n) is 3.15. The number of hydrogen-bond donors (Lipinski definition) is 0. The Morgan fingerprint density at radius 1 is 1.05 bits per heavy atom. The molecule has 0 atom stereocenters. The maximum Gasteiger partial charge on any atom is 0.274 e. The van der Waals surface area contributed by atoms with Gasteiger partial charge in [0.05, 0.1) is 22.4 Å². The van der Waals surface area contributed by atoms with E-state index in [1.165, 1.54) is 23.3 Å². The molecule has 2 heterocycles. The van der Waals surface area contributed by atoms with Crippen molar-refractivity contribution in [2.75, 3.05) is 0 Å². The quantitative estimate of drug-likeness (QED) is 0.511. The zero-order valence-electron chi connectivity index (χ0n) is 11.7. The van der Waals surface area contributed by atoms with Crippen molar-refractivity contribution in [1.29, 1.82) is 0 Å². The van der Waals surface area contributed by atoms with Gasteiger partial charge in [0.25, 0.3) is 11.2 Å². The first-order valence-corrected chi connectivity index (χ1v) is 7.10. The second-order valence-electron chi connectivity index (χ2n) is 5.46. The van der Waals surface area contributed by atoms with Crippen LogP contribution in [-0.2, 0) is 19.5 Å². The number of hydrogen-bond acceptors (Lipinski definition) is 3. The largest absolute Gasteiger partial charge is 0.277 e. The summed E-state index contributed by atoms with van der Waals surface area (Å²) < 4.78 is 3.61. The molecule has 4 rings (SSSR count). The number of nitrogens with zero attached hydrogens (tertiary/aromatic N) is 3. The predicted octanol–water partition coefficient (Wildman–Crippen LogP) is 2.32. The number of benzene rings is 2. The Labute approximate surface area is 125 Å². The molecule has 1 aromatic heterocycles. The minimum Gasteiger partial charge on any atom is -0.277 e. The lowest BCUT2D eigenvalue weighted by molar-refractivity contribution is -0.384. The Bertz CT molecular complexity index is 968. The lowest BCUT2D eigenvalue weighted by Crippen LogP contribution is -2.22. The van der Waals surface area contributed by atoms with Crippen LogP contribution in [0.1, 0.15) is 11.1 Å². The second-order valence-corrected chi connectivity index (χ2v) is 5.46. The van der Waals surface area contributed by atoms with E-state index in [0.29, 0.717) is 18.5 Å². The Hall–Kier alpha value is -2.89. The van der Waals surface area contributed by atoms with Crippen LogP contribution < -0.4 is 5.56 Å². The average molecular weight is 295 g/mol. The van der Waals surface area contributed by atoms with Crippen LogP contribution >= 0.6 is 0 Å². The van der Waals surface area contributed by atoms with Crippen molar-refractivity contribution in [2.45, 2.75) is 19.5 Å². The molecule has 22 heavy (non-hydrogen) atoms. The number of aryl methyl sites for hydroxylation is 1. The highest BCUT2D eigenvalue weighted by molar-refractivity contribution is 5.81. The van der Waals surface area contributed by atoms with E-state index < -0.39 is 4.92 Å². The number of nitro groups is 1. The van der Waals surface area contributed by atoms with Crippen molar-refractivity contribution in [3.05, 3.63) is 74.1 Å². The number of rotatable bonds is 1. The summed E-state index contributed by atoms with van der Waals surface area (Å²) in [5.41, 5.74) is 2.96. The van der Waals surface area contributed by atoms with E-state index in [2.05, 4.69) is 12.1 Å². The van der Waals surface area contributed by atoms with Gasteiger partial charge in [-0.2, -0.15) is 0 Å². The maximum absolute atomic E-state index is 12.6. The number of non-ortho nitro benzene ring substituents is 1. The first-order chi connectivity index (χ1) is 10.6. The third kappa shape index (κ3) is 1.77. The van der Waals surface area contributed by atoms with Gasteiger partial charge in [0, 0.05) is 18.7 Å². The zero-order chi connectivity index (χ0) is 15.3. The van der Waals surface area contributed by atoms with Gasteiger partial charge in [-0.05, 0) is 23.6 Å².